The van der Waals surface area contributed by atoms with Crippen molar-refractivity contribution >= 4 is 22.4 Å². The standard InChI is InChI=1S/C11H20N4OS/c1-4-5-6-8-14-15-11(17-8)13-10(16)9(12)7(2)3/h7,9H,4-6,12H2,1-3H3,(H,13,15,16)/t9-/m0/s1. The summed E-state index contributed by atoms with van der Waals surface area (Å²) in [5.74, 6) is -0.0827. The molecular weight excluding hydrogens is 236 g/mol. The Balaban J connectivity index is 2.51. The van der Waals surface area contributed by atoms with Gasteiger partial charge in [0.25, 0.3) is 0 Å². The van der Waals surface area contributed by atoms with Gasteiger partial charge in [-0.15, -0.1) is 10.2 Å². The van der Waals surface area contributed by atoms with Crippen LogP contribution in [0.5, 0.6) is 0 Å². The average Bonchev–Trinajstić information content (AvgIpc) is 2.72. The Bertz CT molecular complexity index is 364. The third kappa shape index (κ3) is 4.40. The van der Waals surface area contributed by atoms with Crippen LogP contribution in [0.25, 0.3) is 0 Å². The molecule has 0 fully saturated rings. The summed E-state index contributed by atoms with van der Waals surface area (Å²) in [4.78, 5) is 11.7. The minimum Gasteiger partial charge on any atom is -0.320 e. The van der Waals surface area contributed by atoms with Crippen LogP contribution >= 0.6 is 11.3 Å². The number of aromatic nitrogens is 2. The van der Waals surface area contributed by atoms with Crippen LogP contribution in [-0.4, -0.2) is 22.1 Å². The van der Waals surface area contributed by atoms with Crippen molar-refractivity contribution in [2.45, 2.75) is 46.1 Å². The van der Waals surface area contributed by atoms with Crippen molar-refractivity contribution in [1.29, 1.82) is 0 Å². The van der Waals surface area contributed by atoms with E-state index in [1.165, 1.54) is 11.3 Å². The summed E-state index contributed by atoms with van der Waals surface area (Å²) < 4.78 is 0. The van der Waals surface area contributed by atoms with Crippen molar-refractivity contribution in [3.63, 3.8) is 0 Å². The van der Waals surface area contributed by atoms with Gasteiger partial charge in [-0.2, -0.15) is 0 Å². The van der Waals surface area contributed by atoms with Gasteiger partial charge in [-0.25, -0.2) is 0 Å². The van der Waals surface area contributed by atoms with Gasteiger partial charge in [-0.3, -0.25) is 10.1 Å². The summed E-state index contributed by atoms with van der Waals surface area (Å²) >= 11 is 1.42. The van der Waals surface area contributed by atoms with Crippen LogP contribution in [0.3, 0.4) is 0 Å². The third-order valence-electron chi connectivity index (χ3n) is 2.46. The van der Waals surface area contributed by atoms with Gasteiger partial charge in [0.2, 0.25) is 11.0 Å². The normalized spacial score (nSPS) is 12.8. The Morgan fingerprint density at radius 3 is 2.76 bits per heavy atom. The van der Waals surface area contributed by atoms with E-state index < -0.39 is 6.04 Å². The number of nitrogens with two attached hydrogens (primary N) is 1. The number of nitrogens with zero attached hydrogens (tertiary/aromatic N) is 2. The topological polar surface area (TPSA) is 80.9 Å². The lowest BCUT2D eigenvalue weighted by Crippen LogP contribution is -2.39. The molecule has 6 heteroatoms. The Morgan fingerprint density at radius 1 is 1.47 bits per heavy atom. The van der Waals surface area contributed by atoms with Crippen molar-refractivity contribution < 1.29 is 4.79 Å². The molecule has 1 aromatic rings. The summed E-state index contributed by atoms with van der Waals surface area (Å²) in [5, 5.41) is 12.2. The van der Waals surface area contributed by atoms with E-state index in [-0.39, 0.29) is 11.8 Å². The first-order chi connectivity index (χ1) is 8.04. The van der Waals surface area contributed by atoms with Gasteiger partial charge >= 0.3 is 0 Å². The maximum Gasteiger partial charge on any atom is 0.243 e. The molecule has 96 valence electrons. The highest BCUT2D eigenvalue weighted by Gasteiger charge is 2.18. The van der Waals surface area contributed by atoms with Crippen molar-refractivity contribution in [2.24, 2.45) is 11.7 Å². The molecule has 1 heterocycles. The van der Waals surface area contributed by atoms with Gasteiger partial charge in [0.15, 0.2) is 0 Å². The number of aryl methyl sites for hydroxylation is 1. The van der Waals surface area contributed by atoms with E-state index in [1.807, 2.05) is 13.8 Å². The van der Waals surface area contributed by atoms with Gasteiger partial charge in [0.1, 0.15) is 5.01 Å². The zero-order valence-electron chi connectivity index (χ0n) is 10.6. The molecule has 0 spiro atoms. The summed E-state index contributed by atoms with van der Waals surface area (Å²) in [6, 6.07) is -0.502. The first-order valence-corrected chi connectivity index (χ1v) is 6.75. The molecule has 0 saturated carbocycles. The van der Waals surface area contributed by atoms with E-state index in [0.717, 1.165) is 24.3 Å². The van der Waals surface area contributed by atoms with E-state index in [4.69, 9.17) is 5.73 Å². The molecule has 0 aromatic carbocycles. The largest absolute Gasteiger partial charge is 0.320 e. The number of carbonyl (C=O) groups excluding carboxylic acids is 1. The molecule has 1 rings (SSSR count). The van der Waals surface area contributed by atoms with Crippen LogP contribution in [-0.2, 0) is 11.2 Å². The molecule has 0 unspecified atom stereocenters. The van der Waals surface area contributed by atoms with Gasteiger partial charge in [0.05, 0.1) is 6.04 Å². The summed E-state index contributed by atoms with van der Waals surface area (Å²) in [5.41, 5.74) is 5.74. The van der Waals surface area contributed by atoms with Crippen LogP contribution in [0.15, 0.2) is 0 Å². The number of amides is 1. The highest BCUT2D eigenvalue weighted by molar-refractivity contribution is 7.15. The lowest BCUT2D eigenvalue weighted by molar-refractivity contribution is -0.118. The Hall–Kier alpha value is -1.01. The monoisotopic (exact) mass is 256 g/mol. The van der Waals surface area contributed by atoms with E-state index in [0.29, 0.717) is 5.13 Å². The van der Waals surface area contributed by atoms with Crippen LogP contribution < -0.4 is 11.1 Å². The number of carbonyl (C=O) groups is 1. The zero-order valence-corrected chi connectivity index (χ0v) is 11.4. The molecule has 0 aliphatic rings. The van der Waals surface area contributed by atoms with Gasteiger partial charge < -0.3 is 5.73 Å². The van der Waals surface area contributed by atoms with Gasteiger partial charge in [0, 0.05) is 6.42 Å². The third-order valence-corrected chi connectivity index (χ3v) is 3.36. The Labute approximate surface area is 106 Å². The number of unbranched alkanes of at least 4 members (excludes halogenated alkanes) is 1. The minimum atomic E-state index is -0.502. The fourth-order valence-electron chi connectivity index (χ4n) is 1.22. The van der Waals surface area contributed by atoms with Crippen molar-refractivity contribution in [3.05, 3.63) is 5.01 Å². The van der Waals surface area contributed by atoms with Crippen LogP contribution in [0.2, 0.25) is 0 Å². The second-order valence-electron chi connectivity index (χ2n) is 4.36. The number of hydrogen-bond donors (Lipinski definition) is 2. The number of anilines is 1. The van der Waals surface area contributed by atoms with Crippen LogP contribution in [0, 0.1) is 5.92 Å². The molecular formula is C11H20N4OS. The number of hydrogen-bond acceptors (Lipinski definition) is 5. The molecule has 17 heavy (non-hydrogen) atoms. The predicted octanol–water partition coefficient (Wildman–Crippen LogP) is 1.80. The fourth-order valence-corrected chi connectivity index (χ4v) is 2.01. The molecule has 5 nitrogen and oxygen atoms in total. The maximum atomic E-state index is 11.7. The minimum absolute atomic E-state index is 0.113. The number of rotatable bonds is 6. The van der Waals surface area contributed by atoms with Gasteiger partial charge in [-0.1, -0.05) is 38.5 Å². The molecule has 0 aliphatic carbocycles. The highest BCUT2D eigenvalue weighted by atomic mass is 32.1. The first kappa shape index (κ1) is 14.1. The maximum absolute atomic E-state index is 11.7. The van der Waals surface area contributed by atoms with Crippen LogP contribution in [0.4, 0.5) is 5.13 Å². The predicted molar refractivity (Wildman–Crippen MR) is 70.0 cm³/mol. The molecule has 1 aromatic heterocycles. The lowest BCUT2D eigenvalue weighted by Gasteiger charge is -2.13. The van der Waals surface area contributed by atoms with Crippen molar-refractivity contribution in [3.8, 4) is 0 Å². The smallest absolute Gasteiger partial charge is 0.243 e. The Kier molecular flexibility index (Phi) is 5.50. The molecule has 0 saturated heterocycles. The quantitative estimate of drug-likeness (QED) is 0.813. The van der Waals surface area contributed by atoms with E-state index in [9.17, 15) is 4.79 Å². The van der Waals surface area contributed by atoms with E-state index in [2.05, 4.69) is 22.4 Å². The van der Waals surface area contributed by atoms with Crippen molar-refractivity contribution in [1.82, 2.24) is 10.2 Å². The molecule has 1 atom stereocenters. The molecule has 3 N–H and O–H groups in total. The first-order valence-electron chi connectivity index (χ1n) is 5.93. The van der Waals surface area contributed by atoms with E-state index >= 15 is 0 Å². The second-order valence-corrected chi connectivity index (χ2v) is 5.43. The lowest BCUT2D eigenvalue weighted by atomic mass is 10.1. The summed E-state index contributed by atoms with van der Waals surface area (Å²) in [6.45, 7) is 5.96. The Morgan fingerprint density at radius 2 is 2.18 bits per heavy atom. The van der Waals surface area contributed by atoms with Crippen molar-refractivity contribution in [2.75, 3.05) is 5.32 Å². The molecule has 0 bridgehead atoms. The highest BCUT2D eigenvalue weighted by Crippen LogP contribution is 2.17. The zero-order chi connectivity index (χ0) is 12.8. The molecule has 0 aliphatic heterocycles. The molecule has 1 amide bonds. The van der Waals surface area contributed by atoms with E-state index in [1.54, 1.807) is 0 Å². The van der Waals surface area contributed by atoms with Gasteiger partial charge in [-0.05, 0) is 12.3 Å². The molecule has 0 radical (unpaired) electrons. The second kappa shape index (κ2) is 6.66. The summed E-state index contributed by atoms with van der Waals surface area (Å²) in [7, 11) is 0. The average molecular weight is 256 g/mol. The fraction of sp³-hybridized carbons (Fsp3) is 0.727. The number of nitrogens with one attached hydrogen (secondary N) is 1. The SMILES string of the molecule is CCCCc1nnc(NC(=O)[C@@H](N)C(C)C)s1. The van der Waals surface area contributed by atoms with Crippen LogP contribution in [0.1, 0.15) is 38.6 Å². The summed E-state index contributed by atoms with van der Waals surface area (Å²) in [6.07, 6.45) is 3.13.